The van der Waals surface area contributed by atoms with Crippen molar-refractivity contribution in [3.05, 3.63) is 21.3 Å². The fourth-order valence-corrected chi connectivity index (χ4v) is 3.28. The first kappa shape index (κ1) is 12.9. The Balaban J connectivity index is 1.90. The van der Waals surface area contributed by atoms with Gasteiger partial charge in [-0.25, -0.2) is 0 Å². The van der Waals surface area contributed by atoms with Gasteiger partial charge < -0.3 is 11.1 Å². The predicted octanol–water partition coefficient (Wildman–Crippen LogP) is 2.79. The lowest BCUT2D eigenvalue weighted by atomic mass is 9.82. The number of carbonyl (C=O) groups excluding carboxylic acids is 1. The summed E-state index contributed by atoms with van der Waals surface area (Å²) in [5, 5.41) is 5.23. The molecule has 3 nitrogen and oxygen atoms in total. The molecule has 1 aromatic heterocycles. The summed E-state index contributed by atoms with van der Waals surface area (Å²) in [4.78, 5) is 12.4. The minimum absolute atomic E-state index is 0.111. The summed E-state index contributed by atoms with van der Waals surface area (Å²) in [7, 11) is 0. The molecule has 3 N–H and O–H groups in total. The van der Waals surface area contributed by atoms with Crippen LogP contribution in [0.15, 0.2) is 11.4 Å². The molecule has 0 spiro atoms. The molecule has 1 aromatic rings. The average Bonchev–Trinajstić information content (AvgIpc) is 2.74. The molecule has 1 fully saturated rings. The van der Waals surface area contributed by atoms with Crippen LogP contribution in [0.25, 0.3) is 0 Å². The SMILES string of the molecule is NC1(CNC(=O)c2sccc2Cl)CCCCC1. The van der Waals surface area contributed by atoms with Crippen LogP contribution in [0, 0.1) is 0 Å². The zero-order chi connectivity index (χ0) is 12.3. The molecule has 0 aliphatic heterocycles. The van der Waals surface area contributed by atoms with E-state index in [1.165, 1.54) is 17.8 Å². The van der Waals surface area contributed by atoms with E-state index in [0.29, 0.717) is 16.4 Å². The van der Waals surface area contributed by atoms with Gasteiger partial charge in [0.05, 0.1) is 5.02 Å². The maximum atomic E-state index is 11.9. The normalized spacial score (nSPS) is 18.9. The van der Waals surface area contributed by atoms with Crippen molar-refractivity contribution in [3.63, 3.8) is 0 Å². The van der Waals surface area contributed by atoms with E-state index in [9.17, 15) is 4.79 Å². The fourth-order valence-electron chi connectivity index (χ4n) is 2.23. The van der Waals surface area contributed by atoms with Gasteiger partial charge in [-0.2, -0.15) is 0 Å². The van der Waals surface area contributed by atoms with E-state index in [1.54, 1.807) is 6.07 Å². The highest BCUT2D eigenvalue weighted by Crippen LogP contribution is 2.26. The van der Waals surface area contributed by atoms with Gasteiger partial charge in [-0.3, -0.25) is 4.79 Å². The Bertz CT molecular complexity index is 399. The Kier molecular flexibility index (Phi) is 4.07. The van der Waals surface area contributed by atoms with Crippen molar-refractivity contribution >= 4 is 28.8 Å². The highest BCUT2D eigenvalue weighted by molar-refractivity contribution is 7.12. The minimum Gasteiger partial charge on any atom is -0.349 e. The van der Waals surface area contributed by atoms with E-state index in [1.807, 2.05) is 5.38 Å². The van der Waals surface area contributed by atoms with Gasteiger partial charge >= 0.3 is 0 Å². The Labute approximate surface area is 110 Å². The number of carbonyl (C=O) groups is 1. The van der Waals surface area contributed by atoms with E-state index in [0.717, 1.165) is 25.7 Å². The van der Waals surface area contributed by atoms with Crippen LogP contribution < -0.4 is 11.1 Å². The van der Waals surface area contributed by atoms with Gasteiger partial charge in [0.15, 0.2) is 0 Å². The molecule has 0 saturated heterocycles. The van der Waals surface area contributed by atoms with Crippen LogP contribution in [-0.4, -0.2) is 18.0 Å². The smallest absolute Gasteiger partial charge is 0.262 e. The van der Waals surface area contributed by atoms with Crippen molar-refractivity contribution in [1.82, 2.24) is 5.32 Å². The molecule has 0 aromatic carbocycles. The van der Waals surface area contributed by atoms with E-state index >= 15 is 0 Å². The van der Waals surface area contributed by atoms with Crippen molar-refractivity contribution in [2.24, 2.45) is 5.73 Å². The summed E-state index contributed by atoms with van der Waals surface area (Å²) < 4.78 is 0. The number of halogens is 1. The molecule has 0 unspecified atom stereocenters. The lowest BCUT2D eigenvalue weighted by Crippen LogP contribution is -2.51. The standard InChI is InChI=1S/C12H17ClN2OS/c13-9-4-7-17-10(9)11(16)15-8-12(14)5-2-1-3-6-12/h4,7H,1-3,5-6,8,14H2,(H,15,16). The lowest BCUT2D eigenvalue weighted by Gasteiger charge is -2.33. The summed E-state index contributed by atoms with van der Waals surface area (Å²) in [5.74, 6) is -0.111. The van der Waals surface area contributed by atoms with Gasteiger partial charge in [-0.05, 0) is 24.3 Å². The van der Waals surface area contributed by atoms with Gasteiger partial charge in [0.2, 0.25) is 0 Å². The molecule has 1 saturated carbocycles. The molecule has 17 heavy (non-hydrogen) atoms. The van der Waals surface area contributed by atoms with Crippen LogP contribution in [0.4, 0.5) is 0 Å². The molecular formula is C12H17ClN2OS. The van der Waals surface area contributed by atoms with E-state index in [2.05, 4.69) is 5.32 Å². The molecule has 94 valence electrons. The number of rotatable bonds is 3. The van der Waals surface area contributed by atoms with Crippen LogP contribution in [0.2, 0.25) is 5.02 Å². The van der Waals surface area contributed by atoms with Gasteiger partial charge in [-0.15, -0.1) is 11.3 Å². The molecule has 0 bridgehead atoms. The Morgan fingerprint density at radius 2 is 2.18 bits per heavy atom. The van der Waals surface area contributed by atoms with Gasteiger partial charge in [0.25, 0.3) is 5.91 Å². The molecular weight excluding hydrogens is 256 g/mol. The summed E-state index contributed by atoms with van der Waals surface area (Å²) in [6, 6.07) is 1.74. The molecule has 0 atom stereocenters. The van der Waals surface area contributed by atoms with Crippen molar-refractivity contribution in [1.29, 1.82) is 0 Å². The third kappa shape index (κ3) is 3.21. The summed E-state index contributed by atoms with van der Waals surface area (Å²) in [6.45, 7) is 0.542. The van der Waals surface area contributed by atoms with Crippen LogP contribution in [0.5, 0.6) is 0 Å². The molecule has 5 heteroatoms. The molecule has 1 aliphatic rings. The van der Waals surface area contributed by atoms with Gasteiger partial charge in [0.1, 0.15) is 4.88 Å². The Morgan fingerprint density at radius 3 is 2.76 bits per heavy atom. The Morgan fingerprint density at radius 1 is 1.47 bits per heavy atom. The second-order valence-electron chi connectivity index (χ2n) is 4.70. The topological polar surface area (TPSA) is 55.1 Å². The predicted molar refractivity (Wildman–Crippen MR) is 71.7 cm³/mol. The zero-order valence-electron chi connectivity index (χ0n) is 9.67. The van der Waals surface area contributed by atoms with Crippen molar-refractivity contribution in [2.45, 2.75) is 37.6 Å². The maximum absolute atomic E-state index is 11.9. The van der Waals surface area contributed by atoms with Crippen molar-refractivity contribution in [3.8, 4) is 0 Å². The average molecular weight is 273 g/mol. The van der Waals surface area contributed by atoms with Crippen molar-refractivity contribution in [2.75, 3.05) is 6.54 Å². The largest absolute Gasteiger partial charge is 0.349 e. The summed E-state index contributed by atoms with van der Waals surface area (Å²) >= 11 is 7.27. The van der Waals surface area contributed by atoms with Crippen molar-refractivity contribution < 1.29 is 4.79 Å². The van der Waals surface area contributed by atoms with E-state index < -0.39 is 0 Å². The number of hydrogen-bond donors (Lipinski definition) is 2. The van der Waals surface area contributed by atoms with E-state index in [4.69, 9.17) is 17.3 Å². The molecule has 1 aliphatic carbocycles. The molecule has 1 heterocycles. The number of nitrogens with one attached hydrogen (secondary N) is 1. The second kappa shape index (κ2) is 5.38. The summed E-state index contributed by atoms with van der Waals surface area (Å²) in [5.41, 5.74) is 6.03. The third-order valence-electron chi connectivity index (χ3n) is 3.27. The third-order valence-corrected chi connectivity index (χ3v) is 4.61. The first-order chi connectivity index (χ1) is 8.11. The second-order valence-corrected chi connectivity index (χ2v) is 6.03. The number of hydrogen-bond acceptors (Lipinski definition) is 3. The first-order valence-electron chi connectivity index (χ1n) is 5.91. The van der Waals surface area contributed by atoms with Gasteiger partial charge in [0, 0.05) is 12.1 Å². The van der Waals surface area contributed by atoms with Crippen LogP contribution in [-0.2, 0) is 0 Å². The molecule has 2 rings (SSSR count). The maximum Gasteiger partial charge on any atom is 0.262 e. The van der Waals surface area contributed by atoms with Crippen LogP contribution >= 0.6 is 22.9 Å². The van der Waals surface area contributed by atoms with Crippen LogP contribution in [0.1, 0.15) is 41.8 Å². The lowest BCUT2D eigenvalue weighted by molar-refractivity contribution is 0.0942. The number of nitrogens with two attached hydrogens (primary N) is 1. The van der Waals surface area contributed by atoms with Crippen LogP contribution in [0.3, 0.4) is 0 Å². The molecule has 0 radical (unpaired) electrons. The zero-order valence-corrected chi connectivity index (χ0v) is 11.2. The monoisotopic (exact) mass is 272 g/mol. The first-order valence-corrected chi connectivity index (χ1v) is 7.17. The van der Waals surface area contributed by atoms with Gasteiger partial charge in [-0.1, -0.05) is 30.9 Å². The molecule has 1 amide bonds. The van der Waals surface area contributed by atoms with E-state index in [-0.39, 0.29) is 11.4 Å². The highest BCUT2D eigenvalue weighted by Gasteiger charge is 2.28. The highest BCUT2D eigenvalue weighted by atomic mass is 35.5. The summed E-state index contributed by atoms with van der Waals surface area (Å²) in [6.07, 6.45) is 5.55. The quantitative estimate of drug-likeness (QED) is 0.889. The number of thiophene rings is 1. The minimum atomic E-state index is -0.225. The Hall–Kier alpha value is -0.580. The number of amides is 1. The fraction of sp³-hybridized carbons (Fsp3) is 0.583.